The average Bonchev–Trinajstić information content (AvgIpc) is 3.88. The predicted molar refractivity (Wildman–Crippen MR) is 213 cm³/mol. The van der Waals surface area contributed by atoms with Gasteiger partial charge in [-0.1, -0.05) is 70.7 Å². The molecule has 51 heavy (non-hydrogen) atoms. The van der Waals surface area contributed by atoms with Gasteiger partial charge in [0.15, 0.2) is 0 Å². The summed E-state index contributed by atoms with van der Waals surface area (Å²) in [6, 6.07) is 25.6. The van der Waals surface area contributed by atoms with E-state index in [4.69, 9.17) is 51.1 Å². The van der Waals surface area contributed by atoms with Crippen LogP contribution in [0.3, 0.4) is 0 Å². The summed E-state index contributed by atoms with van der Waals surface area (Å²) in [5, 5.41) is 12.5. The molecular formula is C43H48Cl4N2O2. The minimum Gasteiger partial charge on any atom is -0.508 e. The lowest BCUT2D eigenvalue weighted by atomic mass is 9.75. The number of hydrogen-bond donors (Lipinski definition) is 1. The molecule has 0 amide bonds. The molecule has 2 heterocycles. The van der Waals surface area contributed by atoms with Gasteiger partial charge in [-0.05, 0) is 172 Å². The molecule has 2 fully saturated rings. The van der Waals surface area contributed by atoms with Crippen LogP contribution in [-0.2, 0) is 25.7 Å². The van der Waals surface area contributed by atoms with E-state index >= 15 is 0 Å². The van der Waals surface area contributed by atoms with Crippen molar-refractivity contribution in [3.05, 3.63) is 126 Å². The molecule has 0 spiro atoms. The average molecular weight is 767 g/mol. The Hall–Kier alpha value is -2.44. The van der Waals surface area contributed by atoms with Gasteiger partial charge in [0.1, 0.15) is 11.5 Å². The van der Waals surface area contributed by atoms with Crippen LogP contribution in [0.4, 0.5) is 0 Å². The molecular weight excluding hydrogens is 718 g/mol. The topological polar surface area (TPSA) is 35.9 Å². The first-order valence-corrected chi connectivity index (χ1v) is 20.1. The van der Waals surface area contributed by atoms with Crippen molar-refractivity contribution >= 4 is 46.4 Å². The minimum absolute atomic E-state index is 0.361. The Morgan fingerprint density at radius 3 is 1.53 bits per heavy atom. The first-order valence-electron chi connectivity index (χ1n) is 18.6. The number of methoxy groups -OCH3 is 1. The van der Waals surface area contributed by atoms with Gasteiger partial charge in [-0.25, -0.2) is 0 Å². The summed E-state index contributed by atoms with van der Waals surface area (Å²) in [5.74, 6) is 2.15. The lowest BCUT2D eigenvalue weighted by molar-refractivity contribution is 0.188. The van der Waals surface area contributed by atoms with Gasteiger partial charge >= 0.3 is 0 Å². The number of halogens is 4. The number of fused-ring (bicyclic) bond motifs is 2. The Kier molecular flexibility index (Phi) is 12.1. The van der Waals surface area contributed by atoms with E-state index in [1.165, 1.54) is 98.1 Å². The van der Waals surface area contributed by atoms with Crippen LogP contribution in [0.25, 0.3) is 0 Å². The predicted octanol–water partition coefficient (Wildman–Crippen LogP) is 11.2. The Balaban J connectivity index is 0.000000159. The summed E-state index contributed by atoms with van der Waals surface area (Å²) in [4.78, 5) is 5.35. The number of aryl methyl sites for hydroxylation is 2. The van der Waals surface area contributed by atoms with Gasteiger partial charge in [0.05, 0.1) is 27.2 Å². The molecule has 4 unspecified atom stereocenters. The highest BCUT2D eigenvalue weighted by Gasteiger charge is 2.36. The smallest absolute Gasteiger partial charge is 0.119 e. The van der Waals surface area contributed by atoms with Crippen LogP contribution in [0.1, 0.15) is 83.7 Å². The minimum atomic E-state index is 0.361. The van der Waals surface area contributed by atoms with E-state index in [9.17, 15) is 5.11 Å². The highest BCUT2D eigenvalue weighted by Crippen LogP contribution is 2.42. The molecule has 270 valence electrons. The molecule has 8 rings (SSSR count). The zero-order chi connectivity index (χ0) is 35.5. The second-order valence-corrected chi connectivity index (χ2v) is 16.4. The first kappa shape index (κ1) is 36.9. The van der Waals surface area contributed by atoms with Crippen LogP contribution < -0.4 is 4.74 Å². The molecule has 0 saturated carbocycles. The van der Waals surface area contributed by atoms with Crippen molar-refractivity contribution in [1.29, 1.82) is 0 Å². The maximum absolute atomic E-state index is 10.1. The molecule has 1 N–H and O–H groups in total. The van der Waals surface area contributed by atoms with E-state index in [0.717, 1.165) is 31.4 Å². The van der Waals surface area contributed by atoms with Crippen molar-refractivity contribution < 1.29 is 9.84 Å². The number of likely N-dealkylation sites (tertiary alicyclic amines) is 2. The molecule has 2 aliphatic heterocycles. The maximum Gasteiger partial charge on any atom is 0.119 e. The quantitative estimate of drug-likeness (QED) is 0.203. The Morgan fingerprint density at radius 1 is 0.588 bits per heavy atom. The van der Waals surface area contributed by atoms with E-state index in [0.29, 0.717) is 49.8 Å². The largest absolute Gasteiger partial charge is 0.508 e. The summed E-state index contributed by atoms with van der Waals surface area (Å²) >= 11 is 24.7. The Bertz CT molecular complexity index is 1820. The van der Waals surface area contributed by atoms with Crippen molar-refractivity contribution in [2.45, 2.75) is 88.1 Å². The lowest BCUT2D eigenvalue weighted by Gasteiger charge is -2.39. The number of hydrogen-bond acceptors (Lipinski definition) is 4. The summed E-state index contributed by atoms with van der Waals surface area (Å²) in [6.45, 7) is 4.83. The number of nitrogens with zero attached hydrogens (tertiary/aromatic N) is 2. The van der Waals surface area contributed by atoms with Crippen molar-refractivity contribution in [2.24, 2.45) is 0 Å². The Morgan fingerprint density at radius 2 is 1.06 bits per heavy atom. The van der Waals surface area contributed by atoms with Crippen LogP contribution in [0.15, 0.2) is 72.8 Å². The lowest BCUT2D eigenvalue weighted by Crippen LogP contribution is -2.41. The van der Waals surface area contributed by atoms with Gasteiger partial charge in [0.25, 0.3) is 0 Å². The summed E-state index contributed by atoms with van der Waals surface area (Å²) in [7, 11) is 1.75. The third kappa shape index (κ3) is 8.53. The standard InChI is InChI=1S/C22H25Cl2NO.C21H23Cl2NO/c1-26-17-7-5-16-6-9-22(25-10-2-3-11-25)19(18(16)14-17)12-15-4-8-20(23)21(24)13-15;22-19-7-3-14(12-20(19)23)11-18-17-13-16(25)6-4-15(17)5-8-21(18)24-9-1-2-10-24/h4-5,7-8,13-14,19,22H,2-3,6,9-12H2,1H3;3-4,6-7,12-13,18,21,25H,1-2,5,8-11H2. The summed E-state index contributed by atoms with van der Waals surface area (Å²) in [6.07, 6.45) is 11.8. The van der Waals surface area contributed by atoms with Gasteiger partial charge in [0, 0.05) is 23.9 Å². The molecule has 2 aliphatic carbocycles. The number of phenolic OH excluding ortho intramolecular Hbond substituents is 1. The van der Waals surface area contributed by atoms with Crippen molar-refractivity contribution in [2.75, 3.05) is 33.3 Å². The van der Waals surface area contributed by atoms with Gasteiger partial charge < -0.3 is 9.84 Å². The van der Waals surface area contributed by atoms with E-state index in [-0.39, 0.29) is 0 Å². The molecule has 8 heteroatoms. The molecule has 4 atom stereocenters. The van der Waals surface area contributed by atoms with Gasteiger partial charge in [0.2, 0.25) is 0 Å². The fraction of sp³-hybridized carbons (Fsp3) is 0.442. The number of ether oxygens (including phenoxy) is 1. The molecule has 0 bridgehead atoms. The highest BCUT2D eigenvalue weighted by molar-refractivity contribution is 6.42. The van der Waals surface area contributed by atoms with E-state index in [1.54, 1.807) is 7.11 Å². The zero-order valence-corrected chi connectivity index (χ0v) is 32.4. The third-order valence-corrected chi connectivity index (χ3v) is 13.2. The molecule has 0 radical (unpaired) electrons. The van der Waals surface area contributed by atoms with Crippen molar-refractivity contribution in [1.82, 2.24) is 9.80 Å². The molecule has 0 aromatic heterocycles. The number of aromatic hydroxyl groups is 1. The highest BCUT2D eigenvalue weighted by atomic mass is 35.5. The summed E-state index contributed by atoms with van der Waals surface area (Å²) < 4.78 is 5.52. The van der Waals surface area contributed by atoms with Crippen LogP contribution in [0.2, 0.25) is 20.1 Å². The van der Waals surface area contributed by atoms with E-state index in [1.807, 2.05) is 36.4 Å². The van der Waals surface area contributed by atoms with Crippen molar-refractivity contribution in [3.8, 4) is 11.5 Å². The van der Waals surface area contributed by atoms with Crippen LogP contribution in [0, 0.1) is 0 Å². The van der Waals surface area contributed by atoms with Gasteiger partial charge in [-0.15, -0.1) is 0 Å². The van der Waals surface area contributed by atoms with Gasteiger partial charge in [-0.3, -0.25) is 9.80 Å². The SMILES string of the molecule is COc1ccc2c(c1)C(Cc1ccc(Cl)c(Cl)c1)C(N1CCCC1)CC2.Oc1ccc2c(c1)C(Cc1ccc(Cl)c(Cl)c1)C(N1CCCC1)CC2. The fourth-order valence-electron chi connectivity index (χ4n) is 9.21. The normalized spacial score (nSPS) is 23.3. The molecule has 4 aliphatic rings. The van der Waals surface area contributed by atoms with E-state index < -0.39 is 0 Å². The fourth-order valence-corrected chi connectivity index (χ4v) is 9.85. The maximum atomic E-state index is 10.1. The van der Waals surface area contributed by atoms with Crippen LogP contribution in [0.5, 0.6) is 11.5 Å². The second-order valence-electron chi connectivity index (χ2n) is 14.8. The van der Waals surface area contributed by atoms with Crippen molar-refractivity contribution in [3.63, 3.8) is 0 Å². The zero-order valence-electron chi connectivity index (χ0n) is 29.4. The monoisotopic (exact) mass is 764 g/mol. The molecule has 4 aromatic carbocycles. The molecule has 4 nitrogen and oxygen atoms in total. The van der Waals surface area contributed by atoms with E-state index in [2.05, 4.69) is 46.2 Å². The second kappa shape index (κ2) is 16.7. The Labute approximate surface area is 323 Å². The first-order chi connectivity index (χ1) is 24.8. The number of benzene rings is 4. The third-order valence-electron chi connectivity index (χ3n) is 11.7. The molecule has 4 aromatic rings. The number of rotatable bonds is 7. The van der Waals surface area contributed by atoms with Gasteiger partial charge in [-0.2, -0.15) is 0 Å². The van der Waals surface area contributed by atoms with Crippen LogP contribution in [-0.4, -0.2) is 60.3 Å². The summed E-state index contributed by atoms with van der Waals surface area (Å²) in [5.41, 5.74) is 8.04. The number of phenols is 1. The molecule has 2 saturated heterocycles. The van der Waals surface area contributed by atoms with Crippen LogP contribution >= 0.6 is 46.4 Å².